The maximum absolute atomic E-state index is 12.9. The molecule has 2 atom stereocenters. The van der Waals surface area contributed by atoms with E-state index >= 15 is 0 Å². The summed E-state index contributed by atoms with van der Waals surface area (Å²) in [5.41, 5.74) is 0.662. The van der Waals surface area contributed by atoms with Crippen LogP contribution < -0.4 is 10.6 Å². The number of hydrogen-bond acceptors (Lipinski definition) is 5. The van der Waals surface area contributed by atoms with Gasteiger partial charge in [-0.05, 0) is 44.0 Å². The Hall–Kier alpha value is -3.55. The Morgan fingerprint density at radius 3 is 1.97 bits per heavy atom. The Morgan fingerprint density at radius 1 is 0.871 bits per heavy atom. The highest BCUT2D eigenvalue weighted by molar-refractivity contribution is 5.89. The number of carboxylic acids is 1. The normalized spacial score (nSPS) is 13.0. The third-order valence-corrected chi connectivity index (χ3v) is 4.28. The van der Waals surface area contributed by atoms with Crippen molar-refractivity contribution >= 4 is 18.0 Å². The van der Waals surface area contributed by atoms with E-state index in [2.05, 4.69) is 10.6 Å². The number of amides is 2. The number of hydrogen-bond donors (Lipinski definition) is 4. The summed E-state index contributed by atoms with van der Waals surface area (Å²) >= 11 is 0. The van der Waals surface area contributed by atoms with E-state index in [0.717, 1.165) is 5.56 Å². The van der Waals surface area contributed by atoms with Crippen LogP contribution in [0.15, 0.2) is 54.6 Å². The van der Waals surface area contributed by atoms with Crippen molar-refractivity contribution in [3.8, 4) is 5.75 Å². The van der Waals surface area contributed by atoms with E-state index in [1.54, 1.807) is 57.2 Å². The predicted octanol–water partition coefficient (Wildman–Crippen LogP) is 2.64. The van der Waals surface area contributed by atoms with Crippen LogP contribution in [0.1, 0.15) is 31.9 Å². The zero-order valence-corrected chi connectivity index (χ0v) is 17.8. The molecular formula is C23H28N2O6. The Kier molecular flexibility index (Phi) is 8.01. The molecule has 31 heavy (non-hydrogen) atoms. The van der Waals surface area contributed by atoms with Gasteiger partial charge in [0.1, 0.15) is 23.4 Å². The lowest BCUT2D eigenvalue weighted by atomic mass is 10.0. The van der Waals surface area contributed by atoms with Crippen molar-refractivity contribution < 1.29 is 29.3 Å². The summed E-state index contributed by atoms with van der Waals surface area (Å²) in [6.07, 6.45) is -0.607. The largest absolute Gasteiger partial charge is 0.508 e. The first-order valence-electron chi connectivity index (χ1n) is 9.88. The fraction of sp³-hybridized carbons (Fsp3) is 0.348. The third kappa shape index (κ3) is 8.38. The molecule has 2 rings (SSSR count). The van der Waals surface area contributed by atoms with E-state index < -0.39 is 35.7 Å². The fourth-order valence-electron chi connectivity index (χ4n) is 2.85. The summed E-state index contributed by atoms with van der Waals surface area (Å²) in [7, 11) is 0. The Morgan fingerprint density at radius 2 is 1.42 bits per heavy atom. The van der Waals surface area contributed by atoms with Crippen molar-refractivity contribution in [2.24, 2.45) is 0 Å². The van der Waals surface area contributed by atoms with Gasteiger partial charge in [-0.25, -0.2) is 9.59 Å². The van der Waals surface area contributed by atoms with Crippen molar-refractivity contribution in [2.75, 3.05) is 0 Å². The maximum atomic E-state index is 12.9. The van der Waals surface area contributed by atoms with Crippen molar-refractivity contribution in [2.45, 2.75) is 51.3 Å². The van der Waals surface area contributed by atoms with E-state index in [4.69, 9.17) is 4.74 Å². The molecule has 0 radical (unpaired) electrons. The van der Waals surface area contributed by atoms with Crippen LogP contribution in [0.25, 0.3) is 0 Å². The summed E-state index contributed by atoms with van der Waals surface area (Å²) in [6, 6.07) is 12.9. The number of aliphatic carboxylic acids is 1. The minimum absolute atomic E-state index is 0.0682. The van der Waals surface area contributed by atoms with E-state index in [9.17, 15) is 24.6 Å². The van der Waals surface area contributed by atoms with Crippen LogP contribution in [-0.4, -0.2) is 45.9 Å². The lowest BCUT2D eigenvalue weighted by Crippen LogP contribution is -2.53. The van der Waals surface area contributed by atoms with Crippen LogP contribution in [0.3, 0.4) is 0 Å². The van der Waals surface area contributed by atoms with Crippen molar-refractivity contribution in [1.29, 1.82) is 0 Å². The highest BCUT2D eigenvalue weighted by Gasteiger charge is 2.28. The van der Waals surface area contributed by atoms with Gasteiger partial charge in [0.25, 0.3) is 0 Å². The van der Waals surface area contributed by atoms with Gasteiger partial charge in [-0.3, -0.25) is 4.79 Å². The number of ether oxygens (including phenoxy) is 1. The van der Waals surface area contributed by atoms with E-state index in [1.807, 2.05) is 6.07 Å². The average molecular weight is 428 g/mol. The van der Waals surface area contributed by atoms with Gasteiger partial charge < -0.3 is 25.6 Å². The van der Waals surface area contributed by atoms with E-state index in [0.29, 0.717) is 5.56 Å². The van der Waals surface area contributed by atoms with Gasteiger partial charge in [0, 0.05) is 12.8 Å². The topological polar surface area (TPSA) is 125 Å². The van der Waals surface area contributed by atoms with Gasteiger partial charge in [-0.15, -0.1) is 0 Å². The molecule has 0 bridgehead atoms. The standard InChI is InChI=1S/C23H28N2O6/c1-23(2,3)31-22(30)25-18(13-16-9-11-17(26)12-10-16)20(27)24-19(21(28)29)14-15-7-5-4-6-8-15/h4-12,18-19,26H,13-14H2,1-3H3,(H,24,27)(H,25,30)(H,28,29)/t18-,19+/m1/s1. The minimum Gasteiger partial charge on any atom is -0.508 e. The molecule has 0 aliphatic carbocycles. The van der Waals surface area contributed by atoms with Crippen LogP contribution in [0.5, 0.6) is 5.75 Å². The molecule has 2 amide bonds. The van der Waals surface area contributed by atoms with Crippen molar-refractivity contribution in [3.05, 3.63) is 65.7 Å². The molecule has 8 heteroatoms. The number of nitrogens with one attached hydrogen (secondary N) is 2. The number of aromatic hydroxyl groups is 1. The zero-order chi connectivity index (χ0) is 23.0. The Balaban J connectivity index is 2.16. The van der Waals surface area contributed by atoms with Gasteiger partial charge in [0.2, 0.25) is 5.91 Å². The number of benzene rings is 2. The molecule has 8 nitrogen and oxygen atoms in total. The smallest absolute Gasteiger partial charge is 0.408 e. The number of carbonyl (C=O) groups excluding carboxylic acids is 2. The lowest BCUT2D eigenvalue weighted by Gasteiger charge is -2.24. The molecule has 0 unspecified atom stereocenters. The number of phenolic OH excluding ortho intramolecular Hbond substituents is 1. The fourth-order valence-corrected chi connectivity index (χ4v) is 2.85. The molecular weight excluding hydrogens is 400 g/mol. The number of phenols is 1. The molecule has 0 spiro atoms. The van der Waals surface area contributed by atoms with Gasteiger partial charge in [0.05, 0.1) is 0 Å². The summed E-state index contributed by atoms with van der Waals surface area (Å²) in [4.78, 5) is 36.9. The summed E-state index contributed by atoms with van der Waals surface area (Å²) in [6.45, 7) is 5.09. The molecule has 0 aliphatic heterocycles. The second-order valence-corrected chi connectivity index (χ2v) is 8.16. The molecule has 4 N–H and O–H groups in total. The van der Waals surface area contributed by atoms with Crippen LogP contribution in [0.2, 0.25) is 0 Å². The van der Waals surface area contributed by atoms with E-state index in [1.165, 1.54) is 12.1 Å². The second-order valence-electron chi connectivity index (χ2n) is 8.16. The molecule has 0 aromatic heterocycles. The molecule has 0 saturated heterocycles. The van der Waals surface area contributed by atoms with Gasteiger partial charge in [-0.2, -0.15) is 0 Å². The highest BCUT2D eigenvalue weighted by atomic mass is 16.6. The van der Waals surface area contributed by atoms with Gasteiger partial charge in [-0.1, -0.05) is 42.5 Å². The molecule has 0 heterocycles. The number of carbonyl (C=O) groups is 3. The van der Waals surface area contributed by atoms with Crippen LogP contribution in [-0.2, 0) is 27.2 Å². The zero-order valence-electron chi connectivity index (χ0n) is 17.8. The number of rotatable bonds is 8. The van der Waals surface area contributed by atoms with Crippen LogP contribution in [0.4, 0.5) is 4.79 Å². The summed E-state index contributed by atoms with van der Waals surface area (Å²) < 4.78 is 5.24. The van der Waals surface area contributed by atoms with Gasteiger partial charge in [0.15, 0.2) is 0 Å². The first kappa shape index (κ1) is 23.7. The third-order valence-electron chi connectivity index (χ3n) is 4.28. The molecule has 166 valence electrons. The molecule has 0 aliphatic rings. The quantitative estimate of drug-likeness (QED) is 0.512. The molecule has 2 aromatic carbocycles. The predicted molar refractivity (Wildman–Crippen MR) is 115 cm³/mol. The summed E-state index contributed by atoms with van der Waals surface area (Å²) in [5, 5.41) is 24.0. The molecule has 0 saturated carbocycles. The van der Waals surface area contributed by atoms with Crippen molar-refractivity contribution in [3.63, 3.8) is 0 Å². The molecule has 0 fully saturated rings. The lowest BCUT2D eigenvalue weighted by molar-refractivity contribution is -0.142. The number of alkyl carbamates (subject to hydrolysis) is 1. The maximum Gasteiger partial charge on any atom is 0.408 e. The minimum atomic E-state index is -1.18. The first-order chi connectivity index (χ1) is 14.5. The van der Waals surface area contributed by atoms with Crippen LogP contribution in [0, 0.1) is 0 Å². The highest BCUT2D eigenvalue weighted by Crippen LogP contribution is 2.13. The Labute approximate surface area is 181 Å². The average Bonchev–Trinajstić information content (AvgIpc) is 2.68. The van der Waals surface area contributed by atoms with Crippen molar-refractivity contribution in [1.82, 2.24) is 10.6 Å². The SMILES string of the molecule is CC(C)(C)OC(=O)N[C@H](Cc1ccc(O)cc1)C(=O)N[C@@H](Cc1ccccc1)C(=O)O. The number of carboxylic acid groups (broad SMARTS) is 1. The first-order valence-corrected chi connectivity index (χ1v) is 9.88. The van der Waals surface area contributed by atoms with Gasteiger partial charge >= 0.3 is 12.1 Å². The van der Waals surface area contributed by atoms with Crippen LogP contribution >= 0.6 is 0 Å². The van der Waals surface area contributed by atoms with E-state index in [-0.39, 0.29) is 18.6 Å². The monoisotopic (exact) mass is 428 g/mol. The Bertz CT molecular complexity index is 891. The second kappa shape index (κ2) is 10.5. The molecule has 2 aromatic rings. The summed E-state index contributed by atoms with van der Waals surface area (Å²) in [5.74, 6) is -1.77.